The molecule has 1 aromatic heterocycles. The fraction of sp³-hybridized carbons (Fsp3) is 0.542. The molecule has 2 fully saturated rings. The van der Waals surface area contributed by atoms with Gasteiger partial charge in [0.2, 0.25) is 5.91 Å². The standard InChI is InChI=1S/C24H33N5O3/c1-26(2)23(31)24-10-5-11-29(22(30)19-6-8-21(32-4)9-7-19)16-20(24)15-28(17-24)14-18-12-25-27(3)13-18/h6-9,12-13,20H,5,10-11,14-17H2,1-4H3/t20-,24+/m1/s1. The van der Waals surface area contributed by atoms with Crippen molar-refractivity contribution in [3.05, 3.63) is 47.8 Å². The first-order valence-electron chi connectivity index (χ1n) is 11.2. The Morgan fingerprint density at radius 3 is 2.59 bits per heavy atom. The van der Waals surface area contributed by atoms with Gasteiger partial charge in [-0.1, -0.05) is 0 Å². The summed E-state index contributed by atoms with van der Waals surface area (Å²) in [6.45, 7) is 3.54. The topological polar surface area (TPSA) is 70.9 Å². The normalized spacial score (nSPS) is 23.5. The Kier molecular flexibility index (Phi) is 6.24. The van der Waals surface area contributed by atoms with Crippen molar-refractivity contribution in [1.29, 1.82) is 0 Å². The summed E-state index contributed by atoms with van der Waals surface area (Å²) in [6, 6.07) is 7.26. The molecule has 0 N–H and O–H groups in total. The Morgan fingerprint density at radius 1 is 1.22 bits per heavy atom. The monoisotopic (exact) mass is 439 g/mol. The number of ether oxygens (including phenoxy) is 1. The molecule has 2 aliphatic rings. The minimum atomic E-state index is -0.458. The highest BCUT2D eigenvalue weighted by Gasteiger charge is 2.53. The number of fused-ring (bicyclic) bond motifs is 1. The number of rotatable bonds is 5. The van der Waals surface area contributed by atoms with E-state index < -0.39 is 5.41 Å². The molecule has 3 heterocycles. The smallest absolute Gasteiger partial charge is 0.253 e. The molecule has 0 unspecified atom stereocenters. The van der Waals surface area contributed by atoms with E-state index >= 15 is 0 Å². The number of benzene rings is 1. The Bertz CT molecular complexity index is 970. The molecule has 2 aliphatic heterocycles. The van der Waals surface area contributed by atoms with Crippen LogP contribution in [0.4, 0.5) is 0 Å². The molecule has 2 amide bonds. The second kappa shape index (κ2) is 8.94. The minimum absolute atomic E-state index is 0.0199. The zero-order valence-electron chi connectivity index (χ0n) is 19.5. The molecule has 32 heavy (non-hydrogen) atoms. The number of hydrogen-bond donors (Lipinski definition) is 0. The fourth-order valence-corrected chi connectivity index (χ4v) is 5.36. The molecule has 0 aliphatic carbocycles. The van der Waals surface area contributed by atoms with Gasteiger partial charge in [-0.05, 0) is 37.1 Å². The maximum absolute atomic E-state index is 13.4. The van der Waals surface area contributed by atoms with E-state index in [2.05, 4.69) is 10.00 Å². The summed E-state index contributed by atoms with van der Waals surface area (Å²) >= 11 is 0. The fourth-order valence-electron chi connectivity index (χ4n) is 5.36. The summed E-state index contributed by atoms with van der Waals surface area (Å²) in [5.74, 6) is 1.02. The van der Waals surface area contributed by atoms with E-state index in [-0.39, 0.29) is 17.7 Å². The third-order valence-electron chi connectivity index (χ3n) is 6.88. The van der Waals surface area contributed by atoms with Crippen LogP contribution in [0.3, 0.4) is 0 Å². The van der Waals surface area contributed by atoms with Crippen LogP contribution in [-0.2, 0) is 18.4 Å². The highest BCUT2D eigenvalue weighted by molar-refractivity contribution is 5.94. The van der Waals surface area contributed by atoms with Gasteiger partial charge < -0.3 is 14.5 Å². The molecule has 0 bridgehead atoms. The molecule has 1 aromatic carbocycles. The number of amides is 2. The molecular formula is C24H33N5O3. The van der Waals surface area contributed by atoms with Crippen LogP contribution in [0.25, 0.3) is 0 Å². The first-order valence-corrected chi connectivity index (χ1v) is 11.2. The Labute approximate surface area is 189 Å². The lowest BCUT2D eigenvalue weighted by atomic mass is 9.74. The van der Waals surface area contributed by atoms with E-state index in [1.165, 1.54) is 0 Å². The van der Waals surface area contributed by atoms with Gasteiger partial charge in [-0.3, -0.25) is 19.2 Å². The molecule has 2 saturated heterocycles. The number of aromatic nitrogens is 2. The Balaban J connectivity index is 1.56. The SMILES string of the molecule is COc1ccc(C(=O)N2CCC[C@]3(C(=O)N(C)C)CN(Cc4cnn(C)c4)C[C@@H]3C2)cc1. The van der Waals surface area contributed by atoms with E-state index in [4.69, 9.17) is 4.74 Å². The first-order chi connectivity index (χ1) is 15.3. The first kappa shape index (κ1) is 22.3. The summed E-state index contributed by atoms with van der Waals surface area (Å²) < 4.78 is 7.02. The second-order valence-corrected chi connectivity index (χ2v) is 9.33. The van der Waals surface area contributed by atoms with Gasteiger partial charge in [-0.15, -0.1) is 0 Å². The van der Waals surface area contributed by atoms with Crippen molar-refractivity contribution in [1.82, 2.24) is 24.5 Å². The van der Waals surface area contributed by atoms with Crippen molar-refractivity contribution in [2.45, 2.75) is 19.4 Å². The van der Waals surface area contributed by atoms with Gasteiger partial charge >= 0.3 is 0 Å². The quantitative estimate of drug-likeness (QED) is 0.711. The van der Waals surface area contributed by atoms with E-state index in [0.29, 0.717) is 25.2 Å². The van der Waals surface area contributed by atoms with E-state index in [1.54, 1.807) is 16.7 Å². The lowest BCUT2D eigenvalue weighted by Gasteiger charge is -2.35. The van der Waals surface area contributed by atoms with Crippen molar-refractivity contribution >= 4 is 11.8 Å². The number of methoxy groups -OCH3 is 1. The molecule has 2 aromatic rings. The number of nitrogens with zero attached hydrogens (tertiary/aromatic N) is 5. The average molecular weight is 440 g/mol. The molecule has 0 spiro atoms. The molecular weight excluding hydrogens is 406 g/mol. The van der Waals surface area contributed by atoms with Crippen molar-refractivity contribution in [2.75, 3.05) is 47.4 Å². The summed E-state index contributed by atoms with van der Waals surface area (Å²) in [7, 11) is 7.20. The summed E-state index contributed by atoms with van der Waals surface area (Å²) in [5, 5.41) is 4.28. The molecule has 8 heteroatoms. The molecule has 0 radical (unpaired) electrons. The van der Waals surface area contributed by atoms with E-state index in [1.807, 2.05) is 62.7 Å². The van der Waals surface area contributed by atoms with Gasteiger partial charge in [0.25, 0.3) is 5.91 Å². The van der Waals surface area contributed by atoms with Gasteiger partial charge in [-0.2, -0.15) is 5.10 Å². The van der Waals surface area contributed by atoms with Gasteiger partial charge in [-0.25, -0.2) is 0 Å². The predicted molar refractivity (Wildman–Crippen MR) is 121 cm³/mol. The van der Waals surface area contributed by atoms with Crippen molar-refractivity contribution in [3.8, 4) is 5.75 Å². The van der Waals surface area contributed by atoms with Crippen LogP contribution in [-0.4, -0.2) is 83.7 Å². The number of carbonyl (C=O) groups is 2. The van der Waals surface area contributed by atoms with Crippen LogP contribution in [0.15, 0.2) is 36.7 Å². The third-order valence-corrected chi connectivity index (χ3v) is 6.88. The zero-order chi connectivity index (χ0) is 22.9. The molecule has 4 rings (SSSR count). The highest BCUT2D eigenvalue weighted by Crippen LogP contribution is 2.44. The maximum atomic E-state index is 13.4. The third kappa shape index (κ3) is 4.24. The maximum Gasteiger partial charge on any atom is 0.253 e. The van der Waals surface area contributed by atoms with Crippen LogP contribution in [0.5, 0.6) is 5.75 Å². The Morgan fingerprint density at radius 2 is 1.97 bits per heavy atom. The van der Waals surface area contributed by atoms with Gasteiger partial charge in [0.15, 0.2) is 0 Å². The van der Waals surface area contributed by atoms with Crippen molar-refractivity contribution < 1.29 is 14.3 Å². The average Bonchev–Trinajstić information content (AvgIpc) is 3.29. The molecule has 2 atom stereocenters. The molecule has 8 nitrogen and oxygen atoms in total. The van der Waals surface area contributed by atoms with Crippen LogP contribution >= 0.6 is 0 Å². The molecule has 0 saturated carbocycles. The van der Waals surface area contributed by atoms with Gasteiger partial charge in [0.1, 0.15) is 5.75 Å². The van der Waals surface area contributed by atoms with Crippen molar-refractivity contribution in [3.63, 3.8) is 0 Å². The van der Waals surface area contributed by atoms with Crippen LogP contribution in [0, 0.1) is 11.3 Å². The van der Waals surface area contributed by atoms with Gasteiger partial charge in [0, 0.05) is 77.1 Å². The minimum Gasteiger partial charge on any atom is -0.497 e. The largest absolute Gasteiger partial charge is 0.497 e. The lowest BCUT2D eigenvalue weighted by molar-refractivity contribution is -0.141. The summed E-state index contributed by atoms with van der Waals surface area (Å²) in [5.41, 5.74) is 1.34. The zero-order valence-corrected chi connectivity index (χ0v) is 19.5. The number of hydrogen-bond acceptors (Lipinski definition) is 5. The summed E-state index contributed by atoms with van der Waals surface area (Å²) in [4.78, 5) is 32.7. The highest BCUT2D eigenvalue weighted by atomic mass is 16.5. The van der Waals surface area contributed by atoms with Crippen molar-refractivity contribution in [2.24, 2.45) is 18.4 Å². The van der Waals surface area contributed by atoms with Gasteiger partial charge in [0.05, 0.1) is 18.7 Å². The van der Waals surface area contributed by atoms with Crippen LogP contribution in [0.2, 0.25) is 0 Å². The predicted octanol–water partition coefficient (Wildman–Crippen LogP) is 1.87. The van der Waals surface area contributed by atoms with Crippen LogP contribution in [0.1, 0.15) is 28.8 Å². The number of likely N-dealkylation sites (tertiary alicyclic amines) is 2. The van der Waals surface area contributed by atoms with Crippen LogP contribution < -0.4 is 4.74 Å². The number of aryl methyl sites for hydroxylation is 1. The molecule has 172 valence electrons. The number of carbonyl (C=O) groups excluding carboxylic acids is 2. The lowest BCUT2D eigenvalue weighted by Crippen LogP contribution is -2.47. The van der Waals surface area contributed by atoms with E-state index in [0.717, 1.165) is 37.2 Å². The second-order valence-electron chi connectivity index (χ2n) is 9.33. The Hall–Kier alpha value is -2.87. The summed E-state index contributed by atoms with van der Waals surface area (Å²) in [6.07, 6.45) is 5.52. The van der Waals surface area contributed by atoms with E-state index in [9.17, 15) is 9.59 Å².